The second-order valence-electron chi connectivity index (χ2n) is 7.05. The number of carboxylic acids is 1. The number of para-hydroxylation sites is 1. The van der Waals surface area contributed by atoms with Gasteiger partial charge in [0.1, 0.15) is 5.69 Å². The number of Topliss-reactive ketones (excluding diaryl/α,β-unsaturated/α-hetero) is 1. The molecule has 1 N–H and O–H groups in total. The first-order valence-corrected chi connectivity index (χ1v) is 10.1. The number of halogens is 3. The van der Waals surface area contributed by atoms with E-state index in [-0.39, 0.29) is 18.0 Å². The summed E-state index contributed by atoms with van der Waals surface area (Å²) in [6.45, 7) is 1.39. The Morgan fingerprint density at radius 1 is 1.03 bits per heavy atom. The van der Waals surface area contributed by atoms with Crippen molar-refractivity contribution in [1.82, 2.24) is 4.57 Å². The molecule has 158 valence electrons. The van der Waals surface area contributed by atoms with Gasteiger partial charge in [-0.3, -0.25) is 4.79 Å². The smallest absolute Gasteiger partial charge is 0.416 e. The summed E-state index contributed by atoms with van der Waals surface area (Å²) in [5.41, 5.74) is 0.552. The van der Waals surface area contributed by atoms with E-state index in [1.807, 2.05) is 0 Å². The van der Waals surface area contributed by atoms with Crippen LogP contribution in [0.15, 0.2) is 60.7 Å². The van der Waals surface area contributed by atoms with Crippen LogP contribution in [0.1, 0.15) is 38.2 Å². The summed E-state index contributed by atoms with van der Waals surface area (Å²) in [5.74, 6) is -1.32. The maximum atomic E-state index is 13.1. The first kappa shape index (κ1) is 20.9. The number of hydrogen-bond donors (Lipinski definition) is 1. The molecule has 0 saturated carbocycles. The molecule has 0 aliphatic heterocycles. The minimum absolute atomic E-state index is 0.0319. The lowest BCUT2D eigenvalue weighted by Crippen LogP contribution is -2.11. The number of aromatic carboxylic acids is 1. The van der Waals surface area contributed by atoms with Crippen LogP contribution in [0.4, 0.5) is 13.2 Å². The molecule has 4 rings (SSSR count). The Hall–Kier alpha value is -3.39. The van der Waals surface area contributed by atoms with Crippen molar-refractivity contribution < 1.29 is 27.9 Å². The molecule has 0 unspecified atom stereocenters. The third kappa shape index (κ3) is 3.86. The summed E-state index contributed by atoms with van der Waals surface area (Å²) in [4.78, 5) is 25.1. The Bertz CT molecular complexity index is 1320. The highest BCUT2D eigenvalue weighted by Crippen LogP contribution is 2.39. The Kier molecular flexibility index (Phi) is 5.18. The van der Waals surface area contributed by atoms with Crippen LogP contribution >= 0.6 is 11.3 Å². The quantitative estimate of drug-likeness (QED) is 0.366. The van der Waals surface area contributed by atoms with Gasteiger partial charge in [-0.25, -0.2) is 4.79 Å². The summed E-state index contributed by atoms with van der Waals surface area (Å²) in [6.07, 6.45) is -4.49. The number of aromatic nitrogens is 1. The molecule has 0 bridgehead atoms. The lowest BCUT2D eigenvalue weighted by atomic mass is 10.1. The number of rotatable bonds is 5. The Balaban J connectivity index is 1.93. The zero-order chi connectivity index (χ0) is 22.3. The van der Waals surface area contributed by atoms with E-state index in [0.717, 1.165) is 12.1 Å². The van der Waals surface area contributed by atoms with Crippen LogP contribution in [0.2, 0.25) is 0 Å². The maximum absolute atomic E-state index is 13.1. The number of fused-ring (bicyclic) bond motifs is 1. The summed E-state index contributed by atoms with van der Waals surface area (Å²) in [6, 6.07) is 15.2. The second kappa shape index (κ2) is 7.70. The molecule has 0 radical (unpaired) electrons. The van der Waals surface area contributed by atoms with Gasteiger partial charge in [-0.1, -0.05) is 30.3 Å². The maximum Gasteiger partial charge on any atom is 0.416 e. The van der Waals surface area contributed by atoms with E-state index in [2.05, 4.69) is 0 Å². The SMILES string of the molecule is CC(=O)c1ccc(-c2c(C(=O)O)n(Cc3cccc(C(F)(F)F)c3)c3ccccc23)s1. The molecule has 0 saturated heterocycles. The number of alkyl halides is 3. The average molecular weight is 443 g/mol. The molecule has 0 aliphatic carbocycles. The minimum atomic E-state index is -4.49. The van der Waals surface area contributed by atoms with Gasteiger partial charge in [0, 0.05) is 27.9 Å². The largest absolute Gasteiger partial charge is 0.477 e. The van der Waals surface area contributed by atoms with Gasteiger partial charge in [0.2, 0.25) is 0 Å². The molecule has 0 fully saturated rings. The van der Waals surface area contributed by atoms with Crippen LogP contribution in [0.5, 0.6) is 0 Å². The summed E-state index contributed by atoms with van der Waals surface area (Å²) in [5, 5.41) is 10.7. The lowest BCUT2D eigenvalue weighted by molar-refractivity contribution is -0.137. The fourth-order valence-corrected chi connectivity index (χ4v) is 4.59. The number of nitrogens with zero attached hydrogens (tertiary/aromatic N) is 1. The van der Waals surface area contributed by atoms with E-state index >= 15 is 0 Å². The van der Waals surface area contributed by atoms with Gasteiger partial charge in [-0.2, -0.15) is 13.2 Å². The Morgan fingerprint density at radius 3 is 2.42 bits per heavy atom. The molecular formula is C23H16F3NO3S. The summed E-state index contributed by atoms with van der Waals surface area (Å²) in [7, 11) is 0. The number of benzene rings is 2. The molecule has 0 aliphatic rings. The van der Waals surface area contributed by atoms with E-state index < -0.39 is 17.7 Å². The van der Waals surface area contributed by atoms with Gasteiger partial charge >= 0.3 is 12.1 Å². The predicted octanol–water partition coefficient (Wildman–Crippen LogP) is 6.34. The molecule has 0 amide bonds. The van der Waals surface area contributed by atoms with Crippen molar-refractivity contribution >= 4 is 34.0 Å². The van der Waals surface area contributed by atoms with E-state index in [1.54, 1.807) is 36.4 Å². The molecule has 0 atom stereocenters. The summed E-state index contributed by atoms with van der Waals surface area (Å²) < 4.78 is 40.9. The topological polar surface area (TPSA) is 59.3 Å². The first-order chi connectivity index (χ1) is 14.7. The monoisotopic (exact) mass is 443 g/mol. The van der Waals surface area contributed by atoms with Crippen LogP contribution in [0.3, 0.4) is 0 Å². The van der Waals surface area contributed by atoms with Crippen molar-refractivity contribution in [3.05, 3.63) is 82.4 Å². The van der Waals surface area contributed by atoms with Crippen LogP contribution in [-0.2, 0) is 12.7 Å². The van der Waals surface area contributed by atoms with Crippen LogP contribution < -0.4 is 0 Å². The highest BCUT2D eigenvalue weighted by atomic mass is 32.1. The number of ketones is 1. The molecule has 2 aromatic heterocycles. The highest BCUT2D eigenvalue weighted by Gasteiger charge is 2.31. The summed E-state index contributed by atoms with van der Waals surface area (Å²) >= 11 is 1.19. The zero-order valence-electron chi connectivity index (χ0n) is 16.2. The van der Waals surface area contributed by atoms with Crippen molar-refractivity contribution in [1.29, 1.82) is 0 Å². The number of thiophene rings is 1. The van der Waals surface area contributed by atoms with Gasteiger partial charge in [-0.05, 0) is 42.8 Å². The third-order valence-electron chi connectivity index (χ3n) is 4.97. The van der Waals surface area contributed by atoms with E-state index in [0.29, 0.717) is 31.8 Å². The van der Waals surface area contributed by atoms with Crippen molar-refractivity contribution in [3.8, 4) is 10.4 Å². The van der Waals surface area contributed by atoms with Gasteiger partial charge in [-0.15, -0.1) is 11.3 Å². The van der Waals surface area contributed by atoms with E-state index in [9.17, 15) is 27.9 Å². The third-order valence-corrected chi connectivity index (χ3v) is 6.17. The fraction of sp³-hybridized carbons (Fsp3) is 0.130. The molecule has 2 aromatic carbocycles. The lowest BCUT2D eigenvalue weighted by Gasteiger charge is -2.12. The number of carbonyl (C=O) groups is 2. The van der Waals surface area contributed by atoms with E-state index in [1.165, 1.54) is 35.0 Å². The molecule has 0 spiro atoms. The van der Waals surface area contributed by atoms with Gasteiger partial charge in [0.25, 0.3) is 0 Å². The molecule has 2 heterocycles. The molecule has 31 heavy (non-hydrogen) atoms. The molecular weight excluding hydrogens is 427 g/mol. The zero-order valence-corrected chi connectivity index (χ0v) is 17.1. The molecule has 4 nitrogen and oxygen atoms in total. The van der Waals surface area contributed by atoms with Crippen LogP contribution in [-0.4, -0.2) is 21.4 Å². The van der Waals surface area contributed by atoms with E-state index in [4.69, 9.17) is 0 Å². The number of hydrogen-bond acceptors (Lipinski definition) is 3. The first-order valence-electron chi connectivity index (χ1n) is 9.28. The van der Waals surface area contributed by atoms with Gasteiger partial charge < -0.3 is 9.67 Å². The number of carboxylic acid groups (broad SMARTS) is 1. The second-order valence-corrected chi connectivity index (χ2v) is 8.13. The normalized spacial score (nSPS) is 11.7. The van der Waals surface area contributed by atoms with Crippen LogP contribution in [0.25, 0.3) is 21.3 Å². The average Bonchev–Trinajstić information content (AvgIpc) is 3.31. The highest BCUT2D eigenvalue weighted by molar-refractivity contribution is 7.17. The van der Waals surface area contributed by atoms with Crippen LogP contribution in [0, 0.1) is 0 Å². The van der Waals surface area contributed by atoms with Gasteiger partial charge in [0.15, 0.2) is 5.78 Å². The predicted molar refractivity (Wildman–Crippen MR) is 113 cm³/mol. The standard InChI is InChI=1S/C23H16F3NO3S/c1-13(28)18-9-10-19(31-18)20-16-7-2-3-8-17(16)27(21(20)22(29)30)12-14-5-4-6-15(11-14)23(24,25)26/h2-11H,12H2,1H3,(H,29,30). The van der Waals surface area contributed by atoms with Crippen molar-refractivity contribution in [2.75, 3.05) is 0 Å². The number of carbonyl (C=O) groups excluding carboxylic acids is 1. The molecule has 4 aromatic rings. The van der Waals surface area contributed by atoms with Crippen molar-refractivity contribution in [2.45, 2.75) is 19.6 Å². The fourth-order valence-electron chi connectivity index (χ4n) is 3.63. The van der Waals surface area contributed by atoms with Gasteiger partial charge in [0.05, 0.1) is 10.4 Å². The molecule has 8 heteroatoms. The minimum Gasteiger partial charge on any atom is -0.477 e. The Labute approximate surface area is 179 Å². The van der Waals surface area contributed by atoms with Crippen molar-refractivity contribution in [3.63, 3.8) is 0 Å². The Morgan fingerprint density at radius 2 is 1.77 bits per heavy atom. The van der Waals surface area contributed by atoms with Crippen molar-refractivity contribution in [2.24, 2.45) is 0 Å².